The SMILES string of the molecule is Cc1cc(C(C)NC(=O)Cc2cccc(N)c2)c(C)o1. The van der Waals surface area contributed by atoms with Gasteiger partial charge in [0.15, 0.2) is 0 Å². The Morgan fingerprint density at radius 3 is 2.70 bits per heavy atom. The van der Waals surface area contributed by atoms with Gasteiger partial charge in [0.05, 0.1) is 12.5 Å². The molecule has 1 aromatic heterocycles. The quantitative estimate of drug-likeness (QED) is 0.841. The highest BCUT2D eigenvalue weighted by atomic mass is 16.3. The Bertz CT molecular complexity index is 617. The van der Waals surface area contributed by atoms with Crippen molar-refractivity contribution >= 4 is 11.6 Å². The molecule has 3 N–H and O–H groups in total. The molecule has 1 unspecified atom stereocenters. The maximum atomic E-state index is 12.0. The fraction of sp³-hybridized carbons (Fsp3) is 0.312. The zero-order chi connectivity index (χ0) is 14.7. The maximum absolute atomic E-state index is 12.0. The number of aryl methyl sites for hydroxylation is 2. The van der Waals surface area contributed by atoms with Crippen LogP contribution in [0, 0.1) is 13.8 Å². The molecule has 0 aliphatic carbocycles. The van der Waals surface area contributed by atoms with Crippen molar-refractivity contribution in [2.45, 2.75) is 33.2 Å². The van der Waals surface area contributed by atoms with Gasteiger partial charge < -0.3 is 15.5 Å². The molecule has 0 bridgehead atoms. The Labute approximate surface area is 119 Å². The van der Waals surface area contributed by atoms with Crippen LogP contribution in [0.2, 0.25) is 0 Å². The lowest BCUT2D eigenvalue weighted by molar-refractivity contribution is -0.121. The van der Waals surface area contributed by atoms with E-state index in [9.17, 15) is 4.79 Å². The van der Waals surface area contributed by atoms with Crippen molar-refractivity contribution in [3.05, 3.63) is 53.0 Å². The first kappa shape index (κ1) is 14.2. The largest absolute Gasteiger partial charge is 0.466 e. The third kappa shape index (κ3) is 3.41. The summed E-state index contributed by atoms with van der Waals surface area (Å²) in [7, 11) is 0. The molecule has 2 aromatic rings. The molecular weight excluding hydrogens is 252 g/mol. The van der Waals surface area contributed by atoms with Crippen molar-refractivity contribution in [1.82, 2.24) is 5.32 Å². The van der Waals surface area contributed by atoms with Crippen molar-refractivity contribution in [3.8, 4) is 0 Å². The van der Waals surface area contributed by atoms with E-state index >= 15 is 0 Å². The topological polar surface area (TPSA) is 68.3 Å². The summed E-state index contributed by atoms with van der Waals surface area (Å²) in [6.07, 6.45) is 0.325. The number of amides is 1. The molecule has 1 heterocycles. The van der Waals surface area contributed by atoms with E-state index < -0.39 is 0 Å². The van der Waals surface area contributed by atoms with E-state index in [0.717, 1.165) is 22.6 Å². The molecule has 0 fully saturated rings. The molecule has 1 aromatic carbocycles. The minimum atomic E-state index is -0.0685. The van der Waals surface area contributed by atoms with E-state index in [2.05, 4.69) is 5.32 Å². The predicted molar refractivity (Wildman–Crippen MR) is 79.3 cm³/mol. The summed E-state index contributed by atoms with van der Waals surface area (Å²) in [5.41, 5.74) is 8.31. The van der Waals surface area contributed by atoms with E-state index in [1.165, 1.54) is 0 Å². The van der Waals surface area contributed by atoms with E-state index in [4.69, 9.17) is 10.2 Å². The molecule has 106 valence electrons. The van der Waals surface area contributed by atoms with Crippen LogP contribution in [-0.2, 0) is 11.2 Å². The first-order valence-corrected chi connectivity index (χ1v) is 6.66. The number of nitrogens with two attached hydrogens (primary N) is 1. The third-order valence-corrected chi connectivity index (χ3v) is 3.24. The summed E-state index contributed by atoms with van der Waals surface area (Å²) in [4.78, 5) is 12.0. The number of furan rings is 1. The van der Waals surface area contributed by atoms with Crippen molar-refractivity contribution < 1.29 is 9.21 Å². The van der Waals surface area contributed by atoms with Crippen LogP contribution < -0.4 is 11.1 Å². The third-order valence-electron chi connectivity index (χ3n) is 3.24. The molecule has 1 amide bonds. The number of anilines is 1. The number of rotatable bonds is 4. The Balaban J connectivity index is 1.99. The number of carbonyl (C=O) groups excluding carboxylic acids is 1. The van der Waals surface area contributed by atoms with Crippen molar-refractivity contribution in [3.63, 3.8) is 0 Å². The van der Waals surface area contributed by atoms with Gasteiger partial charge in [0.2, 0.25) is 5.91 Å². The highest BCUT2D eigenvalue weighted by molar-refractivity contribution is 5.79. The smallest absolute Gasteiger partial charge is 0.224 e. The minimum Gasteiger partial charge on any atom is -0.466 e. The molecular formula is C16H20N2O2. The number of benzene rings is 1. The Morgan fingerprint density at radius 1 is 1.35 bits per heavy atom. The molecule has 0 aliphatic heterocycles. The molecule has 2 rings (SSSR count). The lowest BCUT2D eigenvalue weighted by Crippen LogP contribution is -2.28. The van der Waals surface area contributed by atoms with Crippen LogP contribution in [0.5, 0.6) is 0 Å². The number of hydrogen-bond donors (Lipinski definition) is 2. The second-order valence-electron chi connectivity index (χ2n) is 5.08. The molecule has 0 saturated heterocycles. The number of nitrogen functional groups attached to an aromatic ring is 1. The summed E-state index contributed by atoms with van der Waals surface area (Å²) in [5, 5.41) is 2.98. The Kier molecular flexibility index (Phi) is 4.13. The van der Waals surface area contributed by atoms with Gasteiger partial charge in [-0.2, -0.15) is 0 Å². The molecule has 0 radical (unpaired) electrons. The van der Waals surface area contributed by atoms with Crippen LogP contribution in [0.1, 0.15) is 35.6 Å². The van der Waals surface area contributed by atoms with Crippen LogP contribution >= 0.6 is 0 Å². The van der Waals surface area contributed by atoms with Crippen LogP contribution in [0.4, 0.5) is 5.69 Å². The second-order valence-corrected chi connectivity index (χ2v) is 5.08. The fourth-order valence-corrected chi connectivity index (χ4v) is 2.34. The van der Waals surface area contributed by atoms with Crippen LogP contribution in [0.3, 0.4) is 0 Å². The average molecular weight is 272 g/mol. The lowest BCUT2D eigenvalue weighted by atomic mass is 10.1. The molecule has 0 spiro atoms. The van der Waals surface area contributed by atoms with Gasteiger partial charge in [-0.3, -0.25) is 4.79 Å². The lowest BCUT2D eigenvalue weighted by Gasteiger charge is -2.13. The molecule has 1 atom stereocenters. The van der Waals surface area contributed by atoms with Crippen LogP contribution in [0.25, 0.3) is 0 Å². The van der Waals surface area contributed by atoms with Gasteiger partial charge in [-0.1, -0.05) is 12.1 Å². The Hall–Kier alpha value is -2.23. The summed E-state index contributed by atoms with van der Waals surface area (Å²) < 4.78 is 5.48. The zero-order valence-electron chi connectivity index (χ0n) is 12.1. The van der Waals surface area contributed by atoms with E-state index in [-0.39, 0.29) is 11.9 Å². The van der Waals surface area contributed by atoms with Gasteiger partial charge in [-0.05, 0) is 44.5 Å². The van der Waals surface area contributed by atoms with Gasteiger partial charge in [-0.25, -0.2) is 0 Å². The molecule has 20 heavy (non-hydrogen) atoms. The van der Waals surface area contributed by atoms with Gasteiger partial charge in [0, 0.05) is 11.3 Å². The first-order valence-electron chi connectivity index (χ1n) is 6.66. The second kappa shape index (κ2) is 5.82. The minimum absolute atomic E-state index is 0.0265. The van der Waals surface area contributed by atoms with Crippen LogP contribution in [0.15, 0.2) is 34.7 Å². The highest BCUT2D eigenvalue weighted by Gasteiger charge is 2.15. The number of carbonyl (C=O) groups is 1. The molecule has 4 heteroatoms. The van der Waals surface area contributed by atoms with Gasteiger partial charge in [-0.15, -0.1) is 0 Å². The van der Waals surface area contributed by atoms with Crippen molar-refractivity contribution in [2.24, 2.45) is 0 Å². The summed E-state index contributed by atoms with van der Waals surface area (Å²) in [6.45, 7) is 5.76. The normalized spacial score (nSPS) is 12.2. The highest BCUT2D eigenvalue weighted by Crippen LogP contribution is 2.21. The fourth-order valence-electron chi connectivity index (χ4n) is 2.34. The molecule has 4 nitrogen and oxygen atoms in total. The summed E-state index contributed by atoms with van der Waals surface area (Å²) >= 11 is 0. The van der Waals surface area contributed by atoms with E-state index in [1.807, 2.05) is 51.1 Å². The summed E-state index contributed by atoms with van der Waals surface area (Å²) in [5.74, 6) is 1.68. The van der Waals surface area contributed by atoms with Crippen molar-refractivity contribution in [1.29, 1.82) is 0 Å². The number of hydrogen-bond acceptors (Lipinski definition) is 3. The average Bonchev–Trinajstić information content (AvgIpc) is 2.68. The summed E-state index contributed by atoms with van der Waals surface area (Å²) in [6, 6.07) is 9.26. The zero-order valence-corrected chi connectivity index (χ0v) is 12.1. The Morgan fingerprint density at radius 2 is 2.10 bits per heavy atom. The maximum Gasteiger partial charge on any atom is 0.224 e. The number of nitrogens with one attached hydrogen (secondary N) is 1. The molecule has 0 saturated carbocycles. The predicted octanol–water partition coefficient (Wildman–Crippen LogP) is 2.90. The standard InChI is InChI=1S/C16H20N2O2/c1-10-7-15(12(3)20-10)11(2)18-16(19)9-13-5-4-6-14(17)8-13/h4-8,11H,9,17H2,1-3H3,(H,18,19). The first-order chi connectivity index (χ1) is 9.45. The van der Waals surface area contributed by atoms with Crippen molar-refractivity contribution in [2.75, 3.05) is 5.73 Å². The van der Waals surface area contributed by atoms with Gasteiger partial charge in [0.1, 0.15) is 11.5 Å². The van der Waals surface area contributed by atoms with Crippen LogP contribution in [-0.4, -0.2) is 5.91 Å². The van der Waals surface area contributed by atoms with Gasteiger partial charge >= 0.3 is 0 Å². The molecule has 0 aliphatic rings. The van der Waals surface area contributed by atoms with E-state index in [1.54, 1.807) is 0 Å². The van der Waals surface area contributed by atoms with Gasteiger partial charge in [0.25, 0.3) is 0 Å². The van der Waals surface area contributed by atoms with E-state index in [0.29, 0.717) is 12.1 Å². The monoisotopic (exact) mass is 272 g/mol.